The molecule has 19 heavy (non-hydrogen) atoms. The van der Waals surface area contributed by atoms with Crippen LogP contribution in [0.25, 0.3) is 0 Å². The smallest absolute Gasteiger partial charge is 0.142 e. The van der Waals surface area contributed by atoms with Gasteiger partial charge in [-0.05, 0) is 43.9 Å². The molecule has 0 radical (unpaired) electrons. The van der Waals surface area contributed by atoms with Crippen LogP contribution in [0.2, 0.25) is 0 Å². The summed E-state index contributed by atoms with van der Waals surface area (Å²) in [5.41, 5.74) is 2.28. The zero-order valence-electron chi connectivity index (χ0n) is 11.8. The van der Waals surface area contributed by atoms with Gasteiger partial charge in [-0.15, -0.1) is 0 Å². The van der Waals surface area contributed by atoms with Gasteiger partial charge in [0.25, 0.3) is 0 Å². The second-order valence-corrected chi connectivity index (χ2v) is 6.81. The Balaban J connectivity index is 2.03. The third-order valence-corrected chi connectivity index (χ3v) is 4.73. The molecule has 1 saturated heterocycles. The molecule has 0 spiro atoms. The minimum absolute atomic E-state index is 0.421. The van der Waals surface area contributed by atoms with E-state index in [0.717, 1.165) is 48.8 Å². The highest BCUT2D eigenvalue weighted by molar-refractivity contribution is 7.85. The Bertz CT molecular complexity index is 438. The van der Waals surface area contributed by atoms with Gasteiger partial charge in [-0.2, -0.15) is 0 Å². The lowest BCUT2D eigenvalue weighted by molar-refractivity contribution is 0.318. The molecule has 1 heterocycles. The number of aryl methyl sites for hydroxylation is 1. The molecule has 0 atom stereocenters. The van der Waals surface area contributed by atoms with Crippen molar-refractivity contribution in [3.05, 3.63) is 23.8 Å². The van der Waals surface area contributed by atoms with E-state index in [1.54, 1.807) is 0 Å². The Morgan fingerprint density at radius 1 is 1.37 bits per heavy atom. The summed E-state index contributed by atoms with van der Waals surface area (Å²) in [5, 5.41) is 3.55. The van der Waals surface area contributed by atoms with Crippen LogP contribution in [-0.4, -0.2) is 28.4 Å². The summed E-state index contributed by atoms with van der Waals surface area (Å²) in [6, 6.07) is 6.69. The number of rotatable bonds is 5. The van der Waals surface area contributed by atoms with Gasteiger partial charge in [0, 0.05) is 28.3 Å². The van der Waals surface area contributed by atoms with Gasteiger partial charge in [-0.3, -0.25) is 4.21 Å². The topological polar surface area (TPSA) is 38.3 Å². The van der Waals surface area contributed by atoms with Gasteiger partial charge in [0.05, 0.1) is 12.3 Å². The first-order chi connectivity index (χ1) is 9.19. The predicted octanol–water partition coefficient (Wildman–Crippen LogP) is 3.11. The fourth-order valence-electron chi connectivity index (χ4n) is 2.24. The number of nitrogens with one attached hydrogen (secondary N) is 1. The quantitative estimate of drug-likeness (QED) is 0.901. The van der Waals surface area contributed by atoms with Crippen molar-refractivity contribution in [2.24, 2.45) is 0 Å². The Labute approximate surface area is 118 Å². The van der Waals surface area contributed by atoms with Gasteiger partial charge in [0.1, 0.15) is 5.75 Å². The largest absolute Gasteiger partial charge is 0.491 e. The maximum Gasteiger partial charge on any atom is 0.142 e. The average molecular weight is 281 g/mol. The lowest BCUT2D eigenvalue weighted by Crippen LogP contribution is -2.29. The standard InChI is InChI=1S/C15H23NO2S/c1-3-8-18-15-11-12(2)4-5-14(15)16-13-6-9-19(17)10-7-13/h4-5,11,13,16H,3,6-10H2,1-2H3. The molecule has 0 unspecified atom stereocenters. The van der Waals surface area contributed by atoms with Crippen LogP contribution in [0.4, 0.5) is 5.69 Å². The highest BCUT2D eigenvalue weighted by Crippen LogP contribution is 2.28. The van der Waals surface area contributed by atoms with Crippen LogP contribution in [0, 0.1) is 6.92 Å². The lowest BCUT2D eigenvalue weighted by Gasteiger charge is -2.25. The van der Waals surface area contributed by atoms with E-state index in [2.05, 4.69) is 37.4 Å². The first kappa shape index (κ1) is 14.4. The third kappa shape index (κ3) is 4.23. The van der Waals surface area contributed by atoms with Gasteiger partial charge >= 0.3 is 0 Å². The van der Waals surface area contributed by atoms with Gasteiger partial charge < -0.3 is 10.1 Å². The molecular formula is C15H23NO2S. The van der Waals surface area contributed by atoms with Crippen molar-refractivity contribution in [2.75, 3.05) is 23.4 Å². The van der Waals surface area contributed by atoms with E-state index in [4.69, 9.17) is 4.74 Å². The summed E-state index contributed by atoms with van der Waals surface area (Å²) in [6.45, 7) is 4.93. The molecule has 0 amide bonds. The minimum Gasteiger partial charge on any atom is -0.491 e. The zero-order chi connectivity index (χ0) is 13.7. The summed E-state index contributed by atoms with van der Waals surface area (Å²) in [6.07, 6.45) is 2.97. The average Bonchev–Trinajstić information content (AvgIpc) is 2.41. The number of hydrogen-bond acceptors (Lipinski definition) is 3. The monoisotopic (exact) mass is 281 g/mol. The Hall–Kier alpha value is -1.03. The zero-order valence-corrected chi connectivity index (χ0v) is 12.6. The number of benzene rings is 1. The number of anilines is 1. The third-order valence-electron chi connectivity index (χ3n) is 3.35. The Kier molecular flexibility index (Phi) is 5.25. The van der Waals surface area contributed by atoms with Crippen molar-refractivity contribution in [1.29, 1.82) is 0 Å². The summed E-state index contributed by atoms with van der Waals surface area (Å²) in [7, 11) is -0.604. The van der Waals surface area contributed by atoms with Gasteiger partial charge in [-0.25, -0.2) is 0 Å². The molecule has 0 aliphatic carbocycles. The van der Waals surface area contributed by atoms with Crippen LogP contribution >= 0.6 is 0 Å². The van der Waals surface area contributed by atoms with Gasteiger partial charge in [-0.1, -0.05) is 13.0 Å². The molecule has 0 aromatic heterocycles. The molecule has 1 fully saturated rings. The van der Waals surface area contributed by atoms with Crippen molar-refractivity contribution in [3.63, 3.8) is 0 Å². The van der Waals surface area contributed by atoms with E-state index in [9.17, 15) is 4.21 Å². The van der Waals surface area contributed by atoms with Crippen molar-refractivity contribution in [2.45, 2.75) is 39.2 Å². The maximum absolute atomic E-state index is 11.4. The van der Waals surface area contributed by atoms with E-state index in [1.165, 1.54) is 5.56 Å². The Morgan fingerprint density at radius 3 is 2.79 bits per heavy atom. The van der Waals surface area contributed by atoms with E-state index < -0.39 is 10.8 Å². The molecule has 1 aliphatic rings. The van der Waals surface area contributed by atoms with E-state index in [1.807, 2.05) is 0 Å². The first-order valence-corrected chi connectivity index (χ1v) is 8.53. The maximum atomic E-state index is 11.4. The summed E-state index contributed by atoms with van der Waals surface area (Å²) in [5.74, 6) is 2.57. The van der Waals surface area contributed by atoms with Crippen LogP contribution in [0.15, 0.2) is 18.2 Å². The van der Waals surface area contributed by atoms with Crippen molar-refractivity contribution in [3.8, 4) is 5.75 Å². The van der Waals surface area contributed by atoms with Crippen LogP contribution < -0.4 is 10.1 Å². The number of hydrogen-bond donors (Lipinski definition) is 1. The van der Waals surface area contributed by atoms with Crippen molar-refractivity contribution in [1.82, 2.24) is 0 Å². The lowest BCUT2D eigenvalue weighted by atomic mass is 10.1. The summed E-state index contributed by atoms with van der Waals surface area (Å²) < 4.78 is 17.2. The molecule has 0 bridgehead atoms. The molecule has 1 aromatic rings. The minimum atomic E-state index is -0.604. The first-order valence-electron chi connectivity index (χ1n) is 7.04. The molecule has 1 aromatic carbocycles. The molecule has 4 heteroatoms. The van der Waals surface area contributed by atoms with Crippen molar-refractivity contribution >= 4 is 16.5 Å². The highest BCUT2D eigenvalue weighted by Gasteiger charge is 2.18. The molecule has 106 valence electrons. The second kappa shape index (κ2) is 6.94. The van der Waals surface area contributed by atoms with E-state index >= 15 is 0 Å². The number of ether oxygens (including phenoxy) is 1. The van der Waals surface area contributed by atoms with Crippen LogP contribution in [-0.2, 0) is 10.8 Å². The van der Waals surface area contributed by atoms with Crippen LogP contribution in [0.5, 0.6) is 5.75 Å². The SMILES string of the molecule is CCCOc1cc(C)ccc1NC1CCS(=O)CC1. The summed E-state index contributed by atoms with van der Waals surface area (Å²) in [4.78, 5) is 0. The summed E-state index contributed by atoms with van der Waals surface area (Å²) >= 11 is 0. The Morgan fingerprint density at radius 2 is 2.11 bits per heavy atom. The fraction of sp³-hybridized carbons (Fsp3) is 0.600. The van der Waals surface area contributed by atoms with Gasteiger partial charge in [0.2, 0.25) is 0 Å². The molecule has 1 aliphatic heterocycles. The normalized spacial score (nSPS) is 23.1. The molecule has 2 rings (SSSR count). The predicted molar refractivity (Wildman–Crippen MR) is 81.5 cm³/mol. The van der Waals surface area contributed by atoms with Crippen molar-refractivity contribution < 1.29 is 8.95 Å². The second-order valence-electron chi connectivity index (χ2n) is 5.11. The van der Waals surface area contributed by atoms with Crippen LogP contribution in [0.1, 0.15) is 31.7 Å². The molecular weight excluding hydrogens is 258 g/mol. The molecule has 3 nitrogen and oxygen atoms in total. The molecule has 1 N–H and O–H groups in total. The van der Waals surface area contributed by atoms with E-state index in [0.29, 0.717) is 6.04 Å². The van der Waals surface area contributed by atoms with E-state index in [-0.39, 0.29) is 0 Å². The molecule has 0 saturated carbocycles. The van der Waals surface area contributed by atoms with Gasteiger partial charge in [0.15, 0.2) is 0 Å². The fourth-order valence-corrected chi connectivity index (χ4v) is 3.54. The highest BCUT2D eigenvalue weighted by atomic mass is 32.2. The van der Waals surface area contributed by atoms with Crippen LogP contribution in [0.3, 0.4) is 0 Å².